The van der Waals surface area contributed by atoms with E-state index in [9.17, 15) is 13.6 Å². The summed E-state index contributed by atoms with van der Waals surface area (Å²) in [4.78, 5) is 12.2. The maximum atomic E-state index is 12.2. The van der Waals surface area contributed by atoms with Gasteiger partial charge in [-0.15, -0.1) is 5.10 Å². The van der Waals surface area contributed by atoms with Crippen LogP contribution < -0.4 is 4.90 Å². The second kappa shape index (κ2) is 5.03. The average molecular weight is 245 g/mol. The zero-order valence-electron chi connectivity index (χ0n) is 9.74. The number of alkyl halides is 2. The molecule has 0 amide bonds. The number of aromatic nitrogens is 2. The van der Waals surface area contributed by atoms with Crippen molar-refractivity contribution in [2.75, 3.05) is 18.5 Å². The van der Waals surface area contributed by atoms with E-state index in [0.29, 0.717) is 11.3 Å². The number of hydrogen-bond donors (Lipinski definition) is 1. The van der Waals surface area contributed by atoms with E-state index in [1.54, 1.807) is 13.8 Å². The Hall–Kier alpha value is -1.79. The molecule has 0 saturated carbocycles. The summed E-state index contributed by atoms with van der Waals surface area (Å²) in [6.07, 6.45) is -2.56. The molecule has 0 unspecified atom stereocenters. The number of aryl methyl sites for hydroxylation is 1. The number of carboxylic acids is 1. The molecule has 17 heavy (non-hydrogen) atoms. The van der Waals surface area contributed by atoms with Crippen LogP contribution in [0.2, 0.25) is 0 Å². The van der Waals surface area contributed by atoms with Crippen LogP contribution in [0.1, 0.15) is 21.6 Å². The van der Waals surface area contributed by atoms with Gasteiger partial charge < -0.3 is 10.0 Å². The molecule has 1 aromatic heterocycles. The third-order valence-electron chi connectivity index (χ3n) is 2.42. The fourth-order valence-electron chi connectivity index (χ4n) is 1.41. The van der Waals surface area contributed by atoms with E-state index in [0.717, 1.165) is 4.90 Å². The van der Waals surface area contributed by atoms with Crippen molar-refractivity contribution in [2.24, 2.45) is 0 Å². The summed E-state index contributed by atoms with van der Waals surface area (Å²) >= 11 is 0. The standard InChI is InChI=1S/C10H13F2N3O2/c1-5-6(2)13-14-9(8(5)10(16)17)15(3)4-7(11)12/h7H,4H2,1-3H3,(H,16,17). The molecular weight excluding hydrogens is 232 g/mol. The minimum atomic E-state index is -2.56. The van der Waals surface area contributed by atoms with Crippen molar-refractivity contribution in [3.8, 4) is 0 Å². The Morgan fingerprint density at radius 3 is 2.47 bits per heavy atom. The van der Waals surface area contributed by atoms with Gasteiger partial charge in [-0.3, -0.25) is 0 Å². The fraction of sp³-hybridized carbons (Fsp3) is 0.500. The number of carbonyl (C=O) groups is 1. The minimum absolute atomic E-state index is 0.0408. The van der Waals surface area contributed by atoms with Gasteiger partial charge in [0, 0.05) is 7.05 Å². The smallest absolute Gasteiger partial charge is 0.339 e. The first-order valence-electron chi connectivity index (χ1n) is 4.91. The highest BCUT2D eigenvalue weighted by molar-refractivity contribution is 5.95. The van der Waals surface area contributed by atoms with Crippen LogP contribution in [0.4, 0.5) is 14.6 Å². The van der Waals surface area contributed by atoms with Crippen LogP contribution in [0.25, 0.3) is 0 Å². The molecule has 0 saturated heterocycles. The van der Waals surface area contributed by atoms with Crippen molar-refractivity contribution in [3.05, 3.63) is 16.8 Å². The summed E-state index contributed by atoms with van der Waals surface area (Å²) in [7, 11) is 1.36. The Kier molecular flexibility index (Phi) is 3.93. The molecule has 0 aliphatic rings. The maximum Gasteiger partial charge on any atom is 0.339 e. The Labute approximate surface area is 97.1 Å². The molecule has 5 nitrogen and oxygen atoms in total. The zero-order valence-corrected chi connectivity index (χ0v) is 9.74. The normalized spacial score (nSPS) is 10.7. The lowest BCUT2D eigenvalue weighted by atomic mass is 10.1. The van der Waals surface area contributed by atoms with Crippen LogP contribution in [0.5, 0.6) is 0 Å². The van der Waals surface area contributed by atoms with E-state index in [1.807, 2.05) is 0 Å². The quantitative estimate of drug-likeness (QED) is 0.870. The lowest BCUT2D eigenvalue weighted by Crippen LogP contribution is -2.28. The molecule has 1 aromatic rings. The van der Waals surface area contributed by atoms with Gasteiger partial charge in [-0.2, -0.15) is 5.10 Å². The van der Waals surface area contributed by atoms with Gasteiger partial charge in [-0.1, -0.05) is 0 Å². The summed E-state index contributed by atoms with van der Waals surface area (Å²) in [5.41, 5.74) is 0.820. The first-order chi connectivity index (χ1) is 7.84. The zero-order chi connectivity index (χ0) is 13.2. The molecule has 1 N–H and O–H groups in total. The Bertz CT molecular complexity index is 438. The molecule has 1 heterocycles. The highest BCUT2D eigenvalue weighted by Crippen LogP contribution is 2.21. The number of carboxylic acid groups (broad SMARTS) is 1. The third kappa shape index (κ3) is 2.86. The lowest BCUT2D eigenvalue weighted by Gasteiger charge is -2.20. The van der Waals surface area contributed by atoms with Crippen molar-refractivity contribution in [3.63, 3.8) is 0 Å². The van der Waals surface area contributed by atoms with Crippen molar-refractivity contribution >= 4 is 11.8 Å². The Balaban J connectivity index is 3.24. The van der Waals surface area contributed by atoms with Gasteiger partial charge >= 0.3 is 5.97 Å². The molecule has 0 bridgehead atoms. The summed E-state index contributed by atoms with van der Waals surface area (Å²) in [5.74, 6) is -1.24. The Morgan fingerprint density at radius 2 is 2.00 bits per heavy atom. The van der Waals surface area contributed by atoms with Crippen LogP contribution in [-0.2, 0) is 0 Å². The molecule has 0 spiro atoms. The van der Waals surface area contributed by atoms with Crippen LogP contribution in [-0.4, -0.2) is 41.3 Å². The number of hydrogen-bond acceptors (Lipinski definition) is 4. The molecule has 1 rings (SSSR count). The monoisotopic (exact) mass is 245 g/mol. The summed E-state index contributed by atoms with van der Waals surface area (Å²) in [6.45, 7) is 2.61. The van der Waals surface area contributed by atoms with Crippen molar-refractivity contribution in [2.45, 2.75) is 20.3 Å². The van der Waals surface area contributed by atoms with Gasteiger partial charge in [0.05, 0.1) is 12.2 Å². The molecule has 0 aliphatic carbocycles. The second-order valence-electron chi connectivity index (χ2n) is 3.69. The van der Waals surface area contributed by atoms with E-state index >= 15 is 0 Å². The van der Waals surface area contributed by atoms with Crippen LogP contribution in [0.15, 0.2) is 0 Å². The van der Waals surface area contributed by atoms with Crippen molar-refractivity contribution in [1.82, 2.24) is 10.2 Å². The topological polar surface area (TPSA) is 66.3 Å². The van der Waals surface area contributed by atoms with E-state index in [4.69, 9.17) is 5.11 Å². The number of nitrogens with zero attached hydrogens (tertiary/aromatic N) is 3. The fourth-order valence-corrected chi connectivity index (χ4v) is 1.41. The summed E-state index contributed by atoms with van der Waals surface area (Å²) in [6, 6.07) is 0. The van der Waals surface area contributed by atoms with E-state index < -0.39 is 18.9 Å². The SMILES string of the molecule is Cc1nnc(N(C)CC(F)F)c(C(=O)O)c1C. The molecule has 0 aliphatic heterocycles. The van der Waals surface area contributed by atoms with Crippen molar-refractivity contribution in [1.29, 1.82) is 0 Å². The third-order valence-corrected chi connectivity index (χ3v) is 2.42. The molecule has 0 aromatic carbocycles. The van der Waals surface area contributed by atoms with Gasteiger partial charge in [0.15, 0.2) is 5.82 Å². The predicted molar refractivity (Wildman–Crippen MR) is 57.7 cm³/mol. The lowest BCUT2D eigenvalue weighted by molar-refractivity contribution is 0.0695. The average Bonchev–Trinajstić information content (AvgIpc) is 2.19. The van der Waals surface area contributed by atoms with Gasteiger partial charge in [0.25, 0.3) is 6.43 Å². The summed E-state index contributed by atoms with van der Waals surface area (Å²) in [5, 5.41) is 16.5. The molecule has 0 atom stereocenters. The van der Waals surface area contributed by atoms with Crippen molar-refractivity contribution < 1.29 is 18.7 Å². The highest BCUT2D eigenvalue weighted by atomic mass is 19.3. The van der Waals surface area contributed by atoms with E-state index in [1.165, 1.54) is 7.05 Å². The first kappa shape index (κ1) is 13.3. The molecule has 0 fully saturated rings. The number of anilines is 1. The van der Waals surface area contributed by atoms with Crippen LogP contribution in [0, 0.1) is 13.8 Å². The Morgan fingerprint density at radius 1 is 1.41 bits per heavy atom. The number of aromatic carboxylic acids is 1. The van der Waals surface area contributed by atoms with E-state index in [-0.39, 0.29) is 11.4 Å². The second-order valence-corrected chi connectivity index (χ2v) is 3.69. The van der Waals surface area contributed by atoms with Crippen LogP contribution in [0.3, 0.4) is 0 Å². The van der Waals surface area contributed by atoms with Gasteiger partial charge in [0.2, 0.25) is 0 Å². The number of rotatable bonds is 4. The molecule has 94 valence electrons. The van der Waals surface area contributed by atoms with E-state index in [2.05, 4.69) is 10.2 Å². The maximum absolute atomic E-state index is 12.2. The highest BCUT2D eigenvalue weighted by Gasteiger charge is 2.21. The first-order valence-corrected chi connectivity index (χ1v) is 4.91. The van der Waals surface area contributed by atoms with Gasteiger partial charge in [-0.25, -0.2) is 13.6 Å². The molecule has 7 heteroatoms. The van der Waals surface area contributed by atoms with Gasteiger partial charge in [-0.05, 0) is 19.4 Å². The molecular formula is C10H13F2N3O2. The summed E-state index contributed by atoms with van der Waals surface area (Å²) < 4.78 is 24.5. The van der Waals surface area contributed by atoms with Crippen LogP contribution >= 0.6 is 0 Å². The predicted octanol–water partition coefficient (Wildman–Crippen LogP) is 1.49. The molecule has 0 radical (unpaired) electrons. The minimum Gasteiger partial charge on any atom is -0.478 e. The largest absolute Gasteiger partial charge is 0.478 e. The number of halogens is 2. The van der Waals surface area contributed by atoms with Gasteiger partial charge in [0.1, 0.15) is 5.56 Å².